The number of alkyl halides is 3. The molecule has 0 radical (unpaired) electrons. The van der Waals surface area contributed by atoms with Crippen LogP contribution in [0.15, 0.2) is 48.5 Å². The SMILES string of the molecule is N#CCc1ccc(OCC(=O)N2CCN(C(=O)c3ccccc3C(F)(F)F)CC2)cc1. The average molecular weight is 431 g/mol. The summed E-state index contributed by atoms with van der Waals surface area (Å²) < 4.78 is 45.0. The third kappa shape index (κ3) is 5.54. The van der Waals surface area contributed by atoms with Crippen LogP contribution in [0.25, 0.3) is 0 Å². The molecule has 2 aromatic rings. The number of rotatable bonds is 5. The molecule has 0 saturated carbocycles. The summed E-state index contributed by atoms with van der Waals surface area (Å²) in [4.78, 5) is 27.8. The summed E-state index contributed by atoms with van der Waals surface area (Å²) in [6.07, 6.45) is -4.33. The Morgan fingerprint density at radius 1 is 0.968 bits per heavy atom. The Kier molecular flexibility index (Phi) is 6.80. The largest absolute Gasteiger partial charge is 0.484 e. The number of carbonyl (C=O) groups is 2. The number of piperazine rings is 1. The minimum atomic E-state index is -4.62. The van der Waals surface area contributed by atoms with Crippen LogP contribution < -0.4 is 4.74 Å². The zero-order chi connectivity index (χ0) is 22.4. The fraction of sp³-hybridized carbons (Fsp3) is 0.318. The average Bonchev–Trinajstić information content (AvgIpc) is 2.77. The number of hydrogen-bond acceptors (Lipinski definition) is 4. The molecule has 0 unspecified atom stereocenters. The second-order valence-corrected chi connectivity index (χ2v) is 6.98. The molecular weight excluding hydrogens is 411 g/mol. The van der Waals surface area contributed by atoms with Gasteiger partial charge < -0.3 is 14.5 Å². The van der Waals surface area contributed by atoms with Crippen LogP contribution in [-0.4, -0.2) is 54.4 Å². The van der Waals surface area contributed by atoms with Crippen LogP contribution in [0.4, 0.5) is 13.2 Å². The fourth-order valence-corrected chi connectivity index (χ4v) is 3.28. The Hall–Kier alpha value is -3.54. The highest BCUT2D eigenvalue weighted by molar-refractivity contribution is 5.96. The van der Waals surface area contributed by atoms with E-state index in [2.05, 4.69) is 0 Å². The van der Waals surface area contributed by atoms with E-state index in [1.807, 2.05) is 6.07 Å². The quantitative estimate of drug-likeness (QED) is 0.729. The highest BCUT2D eigenvalue weighted by Gasteiger charge is 2.36. The number of hydrogen-bond donors (Lipinski definition) is 0. The molecule has 1 aliphatic heterocycles. The van der Waals surface area contributed by atoms with Crippen molar-refractivity contribution in [3.05, 3.63) is 65.2 Å². The van der Waals surface area contributed by atoms with Gasteiger partial charge in [0.15, 0.2) is 6.61 Å². The van der Waals surface area contributed by atoms with Crippen molar-refractivity contribution in [2.45, 2.75) is 12.6 Å². The zero-order valence-corrected chi connectivity index (χ0v) is 16.6. The summed E-state index contributed by atoms with van der Waals surface area (Å²) in [7, 11) is 0. The van der Waals surface area contributed by atoms with E-state index in [1.165, 1.54) is 28.0 Å². The van der Waals surface area contributed by atoms with Crippen LogP contribution in [0.3, 0.4) is 0 Å². The van der Waals surface area contributed by atoms with Crippen molar-refractivity contribution in [3.8, 4) is 11.8 Å². The molecule has 1 aliphatic rings. The van der Waals surface area contributed by atoms with Crippen LogP contribution in [-0.2, 0) is 17.4 Å². The van der Waals surface area contributed by atoms with Gasteiger partial charge in [-0.2, -0.15) is 18.4 Å². The minimum Gasteiger partial charge on any atom is -0.484 e. The summed E-state index contributed by atoms with van der Waals surface area (Å²) in [6.45, 7) is 0.508. The molecule has 1 saturated heterocycles. The molecule has 31 heavy (non-hydrogen) atoms. The maximum absolute atomic E-state index is 13.2. The van der Waals surface area contributed by atoms with Crippen molar-refractivity contribution in [2.75, 3.05) is 32.8 Å². The van der Waals surface area contributed by atoms with Gasteiger partial charge in [0, 0.05) is 26.2 Å². The van der Waals surface area contributed by atoms with Crippen LogP contribution in [0.1, 0.15) is 21.5 Å². The van der Waals surface area contributed by atoms with Gasteiger partial charge in [-0.05, 0) is 29.8 Å². The van der Waals surface area contributed by atoms with Gasteiger partial charge in [-0.3, -0.25) is 9.59 Å². The molecular formula is C22H20F3N3O3. The maximum Gasteiger partial charge on any atom is 0.417 e. The van der Waals surface area contributed by atoms with E-state index < -0.39 is 23.2 Å². The first-order valence-electron chi connectivity index (χ1n) is 9.61. The van der Waals surface area contributed by atoms with Gasteiger partial charge in [0.25, 0.3) is 11.8 Å². The molecule has 0 spiro atoms. The van der Waals surface area contributed by atoms with Crippen LogP contribution >= 0.6 is 0 Å². The second-order valence-electron chi connectivity index (χ2n) is 6.98. The lowest BCUT2D eigenvalue weighted by Gasteiger charge is -2.35. The number of halogens is 3. The van der Waals surface area contributed by atoms with Crippen molar-refractivity contribution < 1.29 is 27.5 Å². The number of nitrogens with zero attached hydrogens (tertiary/aromatic N) is 3. The molecule has 0 aromatic heterocycles. The first-order chi connectivity index (χ1) is 14.8. The molecule has 0 N–H and O–H groups in total. The third-order valence-corrected chi connectivity index (χ3v) is 4.95. The molecule has 2 amide bonds. The second kappa shape index (κ2) is 9.51. The van der Waals surface area contributed by atoms with Crippen molar-refractivity contribution in [2.24, 2.45) is 0 Å². The maximum atomic E-state index is 13.2. The van der Waals surface area contributed by atoms with Crippen molar-refractivity contribution in [1.82, 2.24) is 9.80 Å². The summed E-state index contributed by atoms with van der Waals surface area (Å²) in [5.74, 6) is -0.481. The van der Waals surface area contributed by atoms with Gasteiger partial charge >= 0.3 is 6.18 Å². The van der Waals surface area contributed by atoms with E-state index in [0.29, 0.717) is 5.75 Å². The van der Waals surface area contributed by atoms with E-state index in [1.54, 1.807) is 24.3 Å². The first-order valence-corrected chi connectivity index (χ1v) is 9.61. The van der Waals surface area contributed by atoms with Crippen LogP contribution in [0.2, 0.25) is 0 Å². The van der Waals surface area contributed by atoms with Gasteiger partial charge in [0.2, 0.25) is 0 Å². The first kappa shape index (κ1) is 22.2. The Bertz CT molecular complexity index is 976. The highest BCUT2D eigenvalue weighted by atomic mass is 19.4. The summed E-state index contributed by atoms with van der Waals surface area (Å²) in [5.41, 5.74) is -0.514. The molecule has 0 atom stereocenters. The molecule has 9 heteroatoms. The topological polar surface area (TPSA) is 73.6 Å². The van der Waals surface area contributed by atoms with E-state index >= 15 is 0 Å². The number of benzene rings is 2. The molecule has 0 bridgehead atoms. The molecule has 6 nitrogen and oxygen atoms in total. The standard InChI is InChI=1S/C22H20F3N3O3/c23-22(24,25)19-4-2-1-3-18(19)21(30)28-13-11-27(12-14-28)20(29)15-31-17-7-5-16(6-8-17)9-10-26/h1-8H,9,11-15H2. The predicted octanol–water partition coefficient (Wildman–Crippen LogP) is 3.13. The lowest BCUT2D eigenvalue weighted by atomic mass is 10.1. The summed E-state index contributed by atoms with van der Waals surface area (Å²) >= 11 is 0. The van der Waals surface area contributed by atoms with E-state index in [4.69, 9.17) is 10.00 Å². The van der Waals surface area contributed by atoms with E-state index in [0.717, 1.165) is 11.6 Å². The summed E-state index contributed by atoms with van der Waals surface area (Å²) in [6, 6.07) is 13.6. The molecule has 3 rings (SSSR count). The monoisotopic (exact) mass is 431 g/mol. The van der Waals surface area contributed by atoms with Gasteiger partial charge in [0.05, 0.1) is 23.6 Å². The van der Waals surface area contributed by atoms with Crippen LogP contribution in [0, 0.1) is 11.3 Å². The van der Waals surface area contributed by atoms with Gasteiger partial charge in [-0.15, -0.1) is 0 Å². The predicted molar refractivity (Wildman–Crippen MR) is 105 cm³/mol. The molecule has 2 aromatic carbocycles. The van der Waals surface area contributed by atoms with Gasteiger partial charge in [-0.25, -0.2) is 0 Å². The minimum absolute atomic E-state index is 0.139. The number of carbonyl (C=O) groups excluding carboxylic acids is 2. The number of amides is 2. The molecule has 162 valence electrons. The fourth-order valence-electron chi connectivity index (χ4n) is 3.28. The van der Waals surface area contributed by atoms with Crippen LogP contribution in [0.5, 0.6) is 5.75 Å². The van der Waals surface area contributed by atoms with Crippen molar-refractivity contribution >= 4 is 11.8 Å². The van der Waals surface area contributed by atoms with Crippen molar-refractivity contribution in [3.63, 3.8) is 0 Å². The lowest BCUT2D eigenvalue weighted by Crippen LogP contribution is -2.51. The van der Waals surface area contributed by atoms with E-state index in [-0.39, 0.29) is 45.1 Å². The molecule has 1 heterocycles. The normalized spacial score (nSPS) is 14.1. The number of nitriles is 1. The highest BCUT2D eigenvalue weighted by Crippen LogP contribution is 2.32. The summed E-state index contributed by atoms with van der Waals surface area (Å²) in [5, 5.41) is 8.67. The lowest BCUT2D eigenvalue weighted by molar-refractivity contribution is -0.138. The Balaban J connectivity index is 1.53. The van der Waals surface area contributed by atoms with Crippen molar-refractivity contribution in [1.29, 1.82) is 5.26 Å². The Morgan fingerprint density at radius 3 is 2.19 bits per heavy atom. The molecule has 0 aliphatic carbocycles. The van der Waals surface area contributed by atoms with E-state index in [9.17, 15) is 22.8 Å². The zero-order valence-electron chi connectivity index (χ0n) is 16.6. The third-order valence-electron chi connectivity index (χ3n) is 4.95. The Labute approximate surface area is 177 Å². The van der Waals surface area contributed by atoms with Gasteiger partial charge in [0.1, 0.15) is 5.75 Å². The molecule has 1 fully saturated rings. The Morgan fingerprint density at radius 2 is 1.58 bits per heavy atom. The van der Waals surface area contributed by atoms with Gasteiger partial charge in [-0.1, -0.05) is 24.3 Å². The smallest absolute Gasteiger partial charge is 0.417 e. The number of ether oxygens (including phenoxy) is 1.